The molecule has 3 aliphatic carbocycles. The minimum atomic E-state index is -2.94. The van der Waals surface area contributed by atoms with E-state index in [1.165, 1.54) is 12.1 Å². The number of allylic oxidation sites excluding steroid dienone is 2. The van der Waals surface area contributed by atoms with E-state index < -0.39 is 18.4 Å². The molecule has 0 spiro atoms. The lowest BCUT2D eigenvalue weighted by Crippen LogP contribution is -2.08. The smallest absolute Gasteiger partial charge is 0.387 e. The Morgan fingerprint density at radius 3 is 2.68 bits per heavy atom. The Morgan fingerprint density at radius 1 is 1.18 bits per heavy atom. The molecule has 38 heavy (non-hydrogen) atoms. The molecule has 0 unspecified atom stereocenters. The Labute approximate surface area is 214 Å². The lowest BCUT2D eigenvalue weighted by molar-refractivity contribution is -0.139. The minimum absolute atomic E-state index is 0.0399. The summed E-state index contributed by atoms with van der Waals surface area (Å²) in [4.78, 5) is 24.7. The van der Waals surface area contributed by atoms with E-state index in [0.29, 0.717) is 47.4 Å². The quantitative estimate of drug-likeness (QED) is 0.371. The number of hydrogen-bond donors (Lipinski definition) is 1. The van der Waals surface area contributed by atoms with Gasteiger partial charge in [-0.2, -0.15) is 8.78 Å². The molecule has 1 N–H and O–H groups in total. The van der Waals surface area contributed by atoms with Crippen LogP contribution < -0.4 is 4.74 Å². The third kappa shape index (κ3) is 3.58. The van der Waals surface area contributed by atoms with Crippen molar-refractivity contribution in [1.29, 1.82) is 0 Å². The highest BCUT2D eigenvalue weighted by Crippen LogP contribution is 2.57. The number of carbonyl (C=O) groups is 1. The minimum Gasteiger partial charge on any atom is -0.481 e. The van der Waals surface area contributed by atoms with Crippen molar-refractivity contribution in [2.45, 2.75) is 31.8 Å². The fourth-order valence-electron chi connectivity index (χ4n) is 6.18. The monoisotopic (exact) mass is 518 g/mol. The van der Waals surface area contributed by atoms with Gasteiger partial charge in [0.1, 0.15) is 17.2 Å². The van der Waals surface area contributed by atoms with Crippen molar-refractivity contribution in [2.75, 3.05) is 0 Å². The van der Waals surface area contributed by atoms with Crippen LogP contribution in [-0.2, 0) is 11.2 Å². The van der Waals surface area contributed by atoms with Gasteiger partial charge in [-0.15, -0.1) is 0 Å². The number of imidazole rings is 1. The Hall–Kier alpha value is -4.21. The SMILES string of the molecule is O=C(O)[C@H]1[C@@H]2C=C(c3ncc(-c4cn5c6c(nc5cc4F)CC[C@@H]6c4ccccc4OC(F)F)cn3)C[C@@H]21. The van der Waals surface area contributed by atoms with Crippen molar-refractivity contribution in [2.24, 2.45) is 17.8 Å². The van der Waals surface area contributed by atoms with E-state index in [0.717, 1.165) is 17.0 Å². The number of alkyl halides is 2. The maximum atomic E-state index is 15.2. The third-order valence-corrected chi connectivity index (χ3v) is 7.95. The van der Waals surface area contributed by atoms with Crippen molar-refractivity contribution in [3.63, 3.8) is 0 Å². The highest BCUT2D eigenvalue weighted by Gasteiger charge is 2.57. The first-order chi connectivity index (χ1) is 18.4. The van der Waals surface area contributed by atoms with Gasteiger partial charge in [-0.05, 0) is 42.7 Å². The van der Waals surface area contributed by atoms with Gasteiger partial charge >= 0.3 is 12.6 Å². The maximum Gasteiger partial charge on any atom is 0.387 e. The molecule has 4 atom stereocenters. The molecule has 0 aliphatic heterocycles. The van der Waals surface area contributed by atoms with Gasteiger partial charge < -0.3 is 14.2 Å². The Balaban J connectivity index is 1.23. The summed E-state index contributed by atoms with van der Waals surface area (Å²) in [5, 5.41) is 9.21. The maximum absolute atomic E-state index is 15.2. The van der Waals surface area contributed by atoms with Crippen LogP contribution in [0.4, 0.5) is 13.2 Å². The second kappa shape index (κ2) is 8.41. The van der Waals surface area contributed by atoms with Crippen LogP contribution >= 0.6 is 0 Å². The molecule has 3 heterocycles. The molecule has 7 nitrogen and oxygen atoms in total. The van der Waals surface area contributed by atoms with E-state index in [-0.39, 0.29) is 29.4 Å². The zero-order valence-electron chi connectivity index (χ0n) is 19.9. The lowest BCUT2D eigenvalue weighted by Gasteiger charge is -2.17. The standard InChI is InChI=1S/C28H21F3N4O3/c29-20-9-23-34-21-6-5-16(15-3-1-2-4-22(15)38-28(30)31)25(21)35(23)12-19(20)14-10-32-26(33-11-14)13-7-17-18(8-13)24(17)27(36)37/h1-4,7,9-12,16-18,24,28H,5-6,8H2,(H,36,37)/t16-,17-,18+,24+/m1/s1. The van der Waals surface area contributed by atoms with E-state index in [1.54, 1.807) is 36.8 Å². The van der Waals surface area contributed by atoms with Crippen LogP contribution in [0.1, 0.15) is 41.5 Å². The van der Waals surface area contributed by atoms with Gasteiger partial charge in [-0.3, -0.25) is 4.79 Å². The molecule has 0 bridgehead atoms. The van der Waals surface area contributed by atoms with Crippen molar-refractivity contribution in [1.82, 2.24) is 19.4 Å². The number of pyridine rings is 1. The summed E-state index contributed by atoms with van der Waals surface area (Å²) in [6, 6.07) is 8.09. The summed E-state index contributed by atoms with van der Waals surface area (Å²) in [5.74, 6) is -0.996. The zero-order chi connectivity index (χ0) is 26.1. The topological polar surface area (TPSA) is 89.6 Å². The summed E-state index contributed by atoms with van der Waals surface area (Å²) in [6.07, 6.45) is 8.66. The van der Waals surface area contributed by atoms with Crippen LogP contribution in [0.5, 0.6) is 5.75 Å². The van der Waals surface area contributed by atoms with Crippen molar-refractivity contribution >= 4 is 17.2 Å². The van der Waals surface area contributed by atoms with E-state index >= 15 is 4.39 Å². The number of fused-ring (bicyclic) bond motifs is 4. The predicted octanol–water partition coefficient (Wildman–Crippen LogP) is 5.34. The summed E-state index contributed by atoms with van der Waals surface area (Å²) in [7, 11) is 0. The second-order valence-corrected chi connectivity index (χ2v) is 10.0. The Kier molecular flexibility index (Phi) is 5.08. The number of nitrogens with zero attached hydrogens (tertiary/aromatic N) is 4. The number of aliphatic carboxylic acids is 1. The first-order valence-electron chi connectivity index (χ1n) is 12.4. The Bertz CT molecular complexity index is 1630. The molecule has 192 valence electrons. The highest BCUT2D eigenvalue weighted by molar-refractivity contribution is 5.79. The number of ether oxygens (including phenoxy) is 1. The highest BCUT2D eigenvalue weighted by atomic mass is 19.3. The fraction of sp³-hybridized carbons (Fsp3) is 0.286. The van der Waals surface area contributed by atoms with Gasteiger partial charge in [0.25, 0.3) is 0 Å². The third-order valence-electron chi connectivity index (χ3n) is 7.95. The summed E-state index contributed by atoms with van der Waals surface area (Å²) in [5.41, 5.74) is 4.40. The summed E-state index contributed by atoms with van der Waals surface area (Å²) >= 11 is 0. The molecular weight excluding hydrogens is 497 g/mol. The second-order valence-electron chi connectivity index (χ2n) is 10.0. The van der Waals surface area contributed by atoms with Crippen molar-refractivity contribution in [3.8, 4) is 16.9 Å². The molecular formula is C28H21F3N4O3. The molecule has 1 saturated carbocycles. The summed E-state index contributed by atoms with van der Waals surface area (Å²) in [6.45, 7) is -2.94. The van der Waals surface area contributed by atoms with Gasteiger partial charge in [0.05, 0.1) is 17.3 Å². The molecule has 1 fully saturated rings. The number of aryl methyl sites for hydroxylation is 1. The number of para-hydroxylation sites is 1. The average Bonchev–Trinajstić information content (AvgIpc) is 3.20. The van der Waals surface area contributed by atoms with Crippen LogP contribution in [0.25, 0.3) is 22.3 Å². The number of carboxylic acids is 1. The van der Waals surface area contributed by atoms with Gasteiger partial charge in [-0.25, -0.2) is 19.3 Å². The van der Waals surface area contributed by atoms with E-state index in [9.17, 15) is 18.7 Å². The average molecular weight is 518 g/mol. The van der Waals surface area contributed by atoms with Gasteiger partial charge in [0.2, 0.25) is 0 Å². The number of aromatic nitrogens is 4. The van der Waals surface area contributed by atoms with Crippen LogP contribution in [0.2, 0.25) is 0 Å². The molecule has 3 aliphatic rings. The molecule has 7 rings (SSSR count). The molecule has 3 aromatic heterocycles. The number of hydrogen-bond acceptors (Lipinski definition) is 5. The van der Waals surface area contributed by atoms with Crippen molar-refractivity contribution in [3.05, 3.63) is 83.6 Å². The molecule has 10 heteroatoms. The van der Waals surface area contributed by atoms with Crippen LogP contribution in [0, 0.1) is 23.6 Å². The fourth-order valence-corrected chi connectivity index (χ4v) is 6.18. The van der Waals surface area contributed by atoms with Crippen LogP contribution in [0.3, 0.4) is 0 Å². The van der Waals surface area contributed by atoms with Crippen LogP contribution in [-0.4, -0.2) is 37.0 Å². The molecule has 4 aromatic rings. The molecule has 1 aromatic carbocycles. The van der Waals surface area contributed by atoms with E-state index in [1.807, 2.05) is 10.5 Å². The first kappa shape index (κ1) is 22.9. The van der Waals surface area contributed by atoms with Crippen molar-refractivity contribution < 1.29 is 27.8 Å². The Morgan fingerprint density at radius 2 is 1.97 bits per heavy atom. The van der Waals surface area contributed by atoms with E-state index in [4.69, 9.17) is 4.74 Å². The predicted molar refractivity (Wildman–Crippen MR) is 130 cm³/mol. The van der Waals surface area contributed by atoms with Gasteiger partial charge in [0.15, 0.2) is 5.82 Å². The number of carboxylic acid groups (broad SMARTS) is 1. The first-order valence-corrected chi connectivity index (χ1v) is 12.4. The molecule has 0 saturated heterocycles. The summed E-state index contributed by atoms with van der Waals surface area (Å²) < 4.78 is 47.9. The number of benzene rings is 1. The van der Waals surface area contributed by atoms with Gasteiger partial charge in [0, 0.05) is 47.3 Å². The number of halogens is 3. The molecule has 0 amide bonds. The number of rotatable bonds is 6. The normalized spacial score (nSPS) is 23.4. The lowest BCUT2D eigenvalue weighted by atomic mass is 9.95. The molecule has 0 radical (unpaired) electrons. The van der Waals surface area contributed by atoms with Crippen LogP contribution in [0.15, 0.2) is 55.0 Å². The van der Waals surface area contributed by atoms with E-state index in [2.05, 4.69) is 15.0 Å². The largest absolute Gasteiger partial charge is 0.481 e. The van der Waals surface area contributed by atoms with Gasteiger partial charge in [-0.1, -0.05) is 24.3 Å². The zero-order valence-corrected chi connectivity index (χ0v) is 19.9.